The second-order valence-corrected chi connectivity index (χ2v) is 3.78. The van der Waals surface area contributed by atoms with Gasteiger partial charge in [-0.25, -0.2) is 0 Å². The van der Waals surface area contributed by atoms with Gasteiger partial charge < -0.3 is 10.2 Å². The van der Waals surface area contributed by atoms with E-state index < -0.39 is 0 Å². The van der Waals surface area contributed by atoms with Gasteiger partial charge in [0, 0.05) is 7.05 Å². The van der Waals surface area contributed by atoms with Crippen molar-refractivity contribution in [3.63, 3.8) is 0 Å². The van der Waals surface area contributed by atoms with Gasteiger partial charge in [-0.05, 0) is 17.7 Å². The van der Waals surface area contributed by atoms with Crippen LogP contribution in [0.2, 0.25) is 0 Å². The lowest BCUT2D eigenvalue weighted by atomic mass is 10.1. The van der Waals surface area contributed by atoms with Gasteiger partial charge in [0.1, 0.15) is 6.17 Å². The third kappa shape index (κ3) is 1.63. The molecule has 1 aromatic rings. The van der Waals surface area contributed by atoms with Gasteiger partial charge in [-0.15, -0.1) is 0 Å². The quantitative estimate of drug-likeness (QED) is 0.828. The highest BCUT2D eigenvalue weighted by atomic mass is 15.3. The fraction of sp³-hybridized carbons (Fsp3) is 0.143. The van der Waals surface area contributed by atoms with E-state index in [4.69, 9.17) is 0 Å². The van der Waals surface area contributed by atoms with E-state index in [2.05, 4.69) is 42.6 Å². The number of allylic oxidation sites excluding steroid dienone is 2. The molecular formula is C14H16N2. The maximum atomic E-state index is 3.83. The van der Waals surface area contributed by atoms with Crippen molar-refractivity contribution in [1.82, 2.24) is 10.2 Å². The van der Waals surface area contributed by atoms with Crippen LogP contribution in [-0.4, -0.2) is 11.9 Å². The van der Waals surface area contributed by atoms with Gasteiger partial charge in [0.05, 0.1) is 11.4 Å². The largest absolute Gasteiger partial charge is 0.360 e. The predicted octanol–water partition coefficient (Wildman–Crippen LogP) is 2.80. The van der Waals surface area contributed by atoms with Gasteiger partial charge in [0.25, 0.3) is 0 Å². The molecule has 2 heteroatoms. The van der Waals surface area contributed by atoms with Crippen LogP contribution in [0.4, 0.5) is 0 Å². The average molecular weight is 212 g/mol. The Balaban J connectivity index is 2.31. The summed E-state index contributed by atoms with van der Waals surface area (Å²) in [4.78, 5) is 2.17. The average Bonchev–Trinajstić information content (AvgIpc) is 2.66. The summed E-state index contributed by atoms with van der Waals surface area (Å²) in [5.74, 6) is 0. The first kappa shape index (κ1) is 10.6. The monoisotopic (exact) mass is 212 g/mol. The molecule has 1 unspecified atom stereocenters. The van der Waals surface area contributed by atoms with E-state index in [-0.39, 0.29) is 6.17 Å². The fourth-order valence-corrected chi connectivity index (χ4v) is 2.01. The lowest BCUT2D eigenvalue weighted by Crippen LogP contribution is -2.25. The van der Waals surface area contributed by atoms with Crippen LogP contribution >= 0.6 is 0 Å². The Kier molecular flexibility index (Phi) is 2.82. The van der Waals surface area contributed by atoms with E-state index in [0.29, 0.717) is 0 Å². The molecule has 1 aromatic carbocycles. The molecule has 1 aliphatic heterocycles. The third-order valence-electron chi connectivity index (χ3n) is 2.85. The summed E-state index contributed by atoms with van der Waals surface area (Å²) >= 11 is 0. The van der Waals surface area contributed by atoms with Crippen molar-refractivity contribution in [2.24, 2.45) is 0 Å². The van der Waals surface area contributed by atoms with Gasteiger partial charge >= 0.3 is 0 Å². The number of hydrogen-bond acceptors (Lipinski definition) is 2. The van der Waals surface area contributed by atoms with Crippen LogP contribution in [0.5, 0.6) is 0 Å². The summed E-state index contributed by atoms with van der Waals surface area (Å²) in [6.45, 7) is 7.64. The van der Waals surface area contributed by atoms with Crippen LogP contribution in [0.15, 0.2) is 67.0 Å². The summed E-state index contributed by atoms with van der Waals surface area (Å²) < 4.78 is 0. The zero-order chi connectivity index (χ0) is 11.5. The summed E-state index contributed by atoms with van der Waals surface area (Å²) in [7, 11) is 2.05. The van der Waals surface area contributed by atoms with Crippen molar-refractivity contribution in [3.05, 3.63) is 72.6 Å². The van der Waals surface area contributed by atoms with Crippen molar-refractivity contribution in [1.29, 1.82) is 0 Å². The van der Waals surface area contributed by atoms with E-state index in [1.807, 2.05) is 30.4 Å². The number of likely N-dealkylation sites (N-methyl/N-ethyl adjacent to an activating group) is 1. The molecule has 1 atom stereocenters. The molecule has 16 heavy (non-hydrogen) atoms. The first-order valence-corrected chi connectivity index (χ1v) is 5.31. The van der Waals surface area contributed by atoms with Crippen molar-refractivity contribution in [2.45, 2.75) is 6.17 Å². The second kappa shape index (κ2) is 4.27. The number of benzene rings is 1. The third-order valence-corrected chi connectivity index (χ3v) is 2.85. The minimum absolute atomic E-state index is 0.169. The van der Waals surface area contributed by atoms with Crippen LogP contribution < -0.4 is 5.32 Å². The molecule has 82 valence electrons. The SMILES string of the molecule is C=CC1=C(C=C)N(C)C(c2ccccc2)N1. The highest BCUT2D eigenvalue weighted by Crippen LogP contribution is 2.29. The molecule has 0 spiro atoms. The predicted molar refractivity (Wildman–Crippen MR) is 67.5 cm³/mol. The van der Waals surface area contributed by atoms with Crippen LogP contribution in [0.25, 0.3) is 0 Å². The minimum atomic E-state index is 0.169. The topological polar surface area (TPSA) is 15.3 Å². The first-order chi connectivity index (χ1) is 7.77. The Bertz CT molecular complexity index is 431. The molecule has 0 bridgehead atoms. The molecular weight excluding hydrogens is 196 g/mol. The van der Waals surface area contributed by atoms with Crippen LogP contribution in [0.1, 0.15) is 11.7 Å². The maximum absolute atomic E-state index is 3.83. The van der Waals surface area contributed by atoms with Crippen LogP contribution in [-0.2, 0) is 0 Å². The van der Waals surface area contributed by atoms with E-state index in [1.165, 1.54) is 5.56 Å². The van der Waals surface area contributed by atoms with E-state index in [0.717, 1.165) is 11.4 Å². The number of rotatable bonds is 3. The maximum Gasteiger partial charge on any atom is 0.125 e. The second-order valence-electron chi connectivity index (χ2n) is 3.78. The summed E-state index contributed by atoms with van der Waals surface area (Å²) in [6.07, 6.45) is 3.85. The fourth-order valence-electron chi connectivity index (χ4n) is 2.01. The normalized spacial score (nSPS) is 19.6. The lowest BCUT2D eigenvalue weighted by molar-refractivity contribution is 0.325. The summed E-state index contributed by atoms with van der Waals surface area (Å²) in [5.41, 5.74) is 3.36. The Morgan fingerprint density at radius 3 is 2.38 bits per heavy atom. The first-order valence-electron chi connectivity index (χ1n) is 5.31. The number of nitrogens with one attached hydrogen (secondary N) is 1. The summed E-state index contributed by atoms with van der Waals surface area (Å²) in [5, 5.41) is 3.42. The zero-order valence-corrected chi connectivity index (χ0v) is 9.48. The molecule has 0 aliphatic carbocycles. The standard InChI is InChI=1S/C14H16N2/c1-4-12-13(5-2)16(3)14(15-12)11-9-7-6-8-10-11/h4-10,14-15H,1-2H2,3H3. The van der Waals surface area contributed by atoms with Gasteiger partial charge in [-0.3, -0.25) is 0 Å². The highest BCUT2D eigenvalue weighted by molar-refractivity contribution is 5.36. The highest BCUT2D eigenvalue weighted by Gasteiger charge is 2.26. The lowest BCUT2D eigenvalue weighted by Gasteiger charge is -2.23. The van der Waals surface area contributed by atoms with Crippen molar-refractivity contribution < 1.29 is 0 Å². The molecule has 0 aromatic heterocycles. The molecule has 1 heterocycles. The molecule has 2 nitrogen and oxygen atoms in total. The molecule has 0 radical (unpaired) electrons. The zero-order valence-electron chi connectivity index (χ0n) is 9.48. The van der Waals surface area contributed by atoms with Gasteiger partial charge in [-0.2, -0.15) is 0 Å². The Labute approximate surface area is 96.6 Å². The van der Waals surface area contributed by atoms with Crippen molar-refractivity contribution >= 4 is 0 Å². The van der Waals surface area contributed by atoms with Crippen LogP contribution in [0, 0.1) is 0 Å². The van der Waals surface area contributed by atoms with Crippen molar-refractivity contribution in [2.75, 3.05) is 7.05 Å². The Morgan fingerprint density at radius 1 is 1.19 bits per heavy atom. The summed E-state index contributed by atoms with van der Waals surface area (Å²) in [6, 6.07) is 10.3. The van der Waals surface area contributed by atoms with Crippen molar-refractivity contribution in [3.8, 4) is 0 Å². The Hall–Kier alpha value is -1.96. The van der Waals surface area contributed by atoms with Crippen LogP contribution in [0.3, 0.4) is 0 Å². The minimum Gasteiger partial charge on any atom is -0.360 e. The van der Waals surface area contributed by atoms with E-state index >= 15 is 0 Å². The molecule has 1 aliphatic rings. The number of nitrogens with zero attached hydrogens (tertiary/aromatic N) is 1. The molecule has 1 N–H and O–H groups in total. The van der Waals surface area contributed by atoms with E-state index in [1.54, 1.807) is 0 Å². The van der Waals surface area contributed by atoms with E-state index in [9.17, 15) is 0 Å². The molecule has 0 saturated heterocycles. The van der Waals surface area contributed by atoms with Gasteiger partial charge in [0.2, 0.25) is 0 Å². The molecule has 0 amide bonds. The molecule has 0 saturated carbocycles. The molecule has 2 rings (SSSR count). The van der Waals surface area contributed by atoms with Gasteiger partial charge in [-0.1, -0.05) is 43.5 Å². The Morgan fingerprint density at radius 2 is 1.88 bits per heavy atom. The number of hydrogen-bond donors (Lipinski definition) is 1. The molecule has 0 fully saturated rings. The van der Waals surface area contributed by atoms with Gasteiger partial charge in [0.15, 0.2) is 0 Å². The smallest absolute Gasteiger partial charge is 0.125 e.